The van der Waals surface area contributed by atoms with E-state index in [0.29, 0.717) is 24.3 Å². The molecule has 2 aliphatic heterocycles. The van der Waals surface area contributed by atoms with Crippen LogP contribution in [0.3, 0.4) is 0 Å². The smallest absolute Gasteiger partial charge is 0.258 e. The molecule has 2 heterocycles. The highest BCUT2D eigenvalue weighted by atomic mass is 19.1. The van der Waals surface area contributed by atoms with Crippen molar-refractivity contribution in [3.63, 3.8) is 0 Å². The van der Waals surface area contributed by atoms with Crippen LogP contribution < -0.4 is 4.74 Å². The van der Waals surface area contributed by atoms with Gasteiger partial charge in [-0.25, -0.2) is 4.39 Å². The highest BCUT2D eigenvalue weighted by Gasteiger charge is 2.38. The topological polar surface area (TPSA) is 29.5 Å². The second-order valence-electron chi connectivity index (χ2n) is 4.25. The Morgan fingerprint density at radius 2 is 2.19 bits per heavy atom. The number of hydrogen-bond donors (Lipinski definition) is 0. The van der Waals surface area contributed by atoms with Crippen LogP contribution in [0.4, 0.5) is 4.39 Å². The van der Waals surface area contributed by atoms with Crippen molar-refractivity contribution in [2.24, 2.45) is 0 Å². The fourth-order valence-corrected chi connectivity index (χ4v) is 2.38. The summed E-state index contributed by atoms with van der Waals surface area (Å²) in [7, 11) is 0. The Kier molecular flexibility index (Phi) is 2.09. The zero-order valence-electron chi connectivity index (χ0n) is 8.73. The maximum atomic E-state index is 13.3. The first-order valence-electron chi connectivity index (χ1n) is 5.42. The Labute approximate surface area is 92.8 Å². The number of ether oxygens (including phenoxy) is 1. The maximum absolute atomic E-state index is 13.3. The summed E-state index contributed by atoms with van der Waals surface area (Å²) in [4.78, 5) is 13.7. The van der Waals surface area contributed by atoms with Gasteiger partial charge in [-0.15, -0.1) is 0 Å². The third-order valence-corrected chi connectivity index (χ3v) is 3.17. The zero-order chi connectivity index (χ0) is 11.1. The molecule has 0 aromatic heterocycles. The molecule has 3 rings (SSSR count). The molecule has 0 unspecified atom stereocenters. The Morgan fingerprint density at radius 3 is 3.06 bits per heavy atom. The van der Waals surface area contributed by atoms with Crippen molar-refractivity contribution in [2.75, 3.05) is 13.2 Å². The van der Waals surface area contributed by atoms with E-state index < -0.39 is 6.17 Å². The predicted molar refractivity (Wildman–Crippen MR) is 56.3 cm³/mol. The molecule has 1 aromatic carbocycles. The molecule has 3 nitrogen and oxygen atoms in total. The van der Waals surface area contributed by atoms with Gasteiger partial charge in [0.1, 0.15) is 18.5 Å². The lowest BCUT2D eigenvalue weighted by Gasteiger charge is -2.19. The lowest BCUT2D eigenvalue weighted by atomic mass is 10.2. The SMILES string of the molecule is O=C1c2ccccc2OC[C@@H]2C[C@H](F)CN12. The van der Waals surface area contributed by atoms with E-state index in [9.17, 15) is 9.18 Å². The van der Waals surface area contributed by atoms with E-state index in [2.05, 4.69) is 0 Å². The number of carbonyl (C=O) groups is 1. The van der Waals surface area contributed by atoms with Crippen LogP contribution in [0, 0.1) is 0 Å². The van der Waals surface area contributed by atoms with Crippen molar-refractivity contribution in [1.82, 2.24) is 4.90 Å². The molecule has 0 aliphatic carbocycles. The fourth-order valence-electron chi connectivity index (χ4n) is 2.38. The highest BCUT2D eigenvalue weighted by Crippen LogP contribution is 2.30. The molecule has 0 bridgehead atoms. The van der Waals surface area contributed by atoms with E-state index in [1.807, 2.05) is 6.07 Å². The minimum Gasteiger partial charge on any atom is -0.491 e. The Hall–Kier alpha value is -1.58. The Balaban J connectivity index is 2.00. The summed E-state index contributed by atoms with van der Waals surface area (Å²) in [6.45, 7) is 0.588. The minimum absolute atomic E-state index is 0.113. The van der Waals surface area contributed by atoms with Gasteiger partial charge in [0.25, 0.3) is 5.91 Å². The van der Waals surface area contributed by atoms with E-state index in [-0.39, 0.29) is 18.5 Å². The van der Waals surface area contributed by atoms with Crippen LogP contribution in [-0.2, 0) is 0 Å². The van der Waals surface area contributed by atoms with Crippen LogP contribution in [0.2, 0.25) is 0 Å². The minimum atomic E-state index is -0.914. The van der Waals surface area contributed by atoms with Gasteiger partial charge in [0.15, 0.2) is 0 Å². The molecule has 1 fully saturated rings. The largest absolute Gasteiger partial charge is 0.491 e. The average molecular weight is 221 g/mol. The van der Waals surface area contributed by atoms with Gasteiger partial charge >= 0.3 is 0 Å². The molecule has 84 valence electrons. The molecule has 1 amide bonds. The molecule has 0 radical (unpaired) electrons. The van der Waals surface area contributed by atoms with Gasteiger partial charge in [0.2, 0.25) is 0 Å². The molecule has 0 N–H and O–H groups in total. The lowest BCUT2D eigenvalue weighted by molar-refractivity contribution is 0.0720. The summed E-state index contributed by atoms with van der Waals surface area (Å²) < 4.78 is 18.8. The first-order valence-corrected chi connectivity index (χ1v) is 5.42. The molecular formula is C12H12FNO2. The first kappa shape index (κ1) is 9.63. The van der Waals surface area contributed by atoms with Crippen molar-refractivity contribution in [3.8, 4) is 5.75 Å². The number of para-hydroxylation sites is 1. The number of nitrogens with zero attached hydrogens (tertiary/aromatic N) is 1. The number of alkyl halides is 1. The van der Waals surface area contributed by atoms with Crippen LogP contribution in [0.1, 0.15) is 16.8 Å². The number of halogens is 1. The van der Waals surface area contributed by atoms with Crippen molar-refractivity contribution < 1.29 is 13.9 Å². The van der Waals surface area contributed by atoms with Crippen LogP contribution in [0.5, 0.6) is 5.75 Å². The number of benzene rings is 1. The Morgan fingerprint density at radius 1 is 1.38 bits per heavy atom. The zero-order valence-corrected chi connectivity index (χ0v) is 8.73. The summed E-state index contributed by atoms with van der Waals surface area (Å²) in [5.41, 5.74) is 0.541. The van der Waals surface area contributed by atoms with Gasteiger partial charge < -0.3 is 9.64 Å². The fraction of sp³-hybridized carbons (Fsp3) is 0.417. The van der Waals surface area contributed by atoms with Gasteiger partial charge in [-0.05, 0) is 12.1 Å². The molecule has 2 atom stereocenters. The summed E-state index contributed by atoms with van der Waals surface area (Å²) in [5, 5.41) is 0. The number of fused-ring (bicyclic) bond motifs is 2. The Bertz CT molecular complexity index is 435. The van der Waals surface area contributed by atoms with Crippen LogP contribution in [0.25, 0.3) is 0 Å². The van der Waals surface area contributed by atoms with Crippen molar-refractivity contribution in [3.05, 3.63) is 29.8 Å². The monoisotopic (exact) mass is 221 g/mol. The normalized spacial score (nSPS) is 28.1. The van der Waals surface area contributed by atoms with Gasteiger partial charge in [-0.3, -0.25) is 4.79 Å². The van der Waals surface area contributed by atoms with Gasteiger partial charge in [0, 0.05) is 6.42 Å². The maximum Gasteiger partial charge on any atom is 0.258 e. The summed E-state index contributed by atoms with van der Waals surface area (Å²) in [6, 6.07) is 7.02. The van der Waals surface area contributed by atoms with Gasteiger partial charge in [-0.1, -0.05) is 12.1 Å². The van der Waals surface area contributed by atoms with Gasteiger partial charge in [-0.2, -0.15) is 0 Å². The van der Waals surface area contributed by atoms with Gasteiger partial charge in [0.05, 0.1) is 18.2 Å². The van der Waals surface area contributed by atoms with Crippen LogP contribution >= 0.6 is 0 Å². The molecule has 16 heavy (non-hydrogen) atoms. The van der Waals surface area contributed by atoms with Crippen molar-refractivity contribution >= 4 is 5.91 Å². The summed E-state index contributed by atoms with van der Waals surface area (Å²) >= 11 is 0. The quantitative estimate of drug-likeness (QED) is 0.666. The number of hydrogen-bond acceptors (Lipinski definition) is 2. The number of rotatable bonds is 0. The molecule has 4 heteroatoms. The van der Waals surface area contributed by atoms with E-state index >= 15 is 0 Å². The lowest BCUT2D eigenvalue weighted by Crippen LogP contribution is -2.36. The highest BCUT2D eigenvalue weighted by molar-refractivity contribution is 5.97. The van der Waals surface area contributed by atoms with E-state index in [0.717, 1.165) is 0 Å². The number of carbonyl (C=O) groups excluding carboxylic acids is 1. The number of amides is 1. The van der Waals surface area contributed by atoms with E-state index in [4.69, 9.17) is 4.74 Å². The average Bonchev–Trinajstić information content (AvgIpc) is 2.62. The predicted octanol–water partition coefficient (Wildman–Crippen LogP) is 1.63. The second-order valence-corrected chi connectivity index (χ2v) is 4.25. The third-order valence-electron chi connectivity index (χ3n) is 3.17. The summed E-state index contributed by atoms with van der Waals surface area (Å²) in [5.74, 6) is 0.496. The third kappa shape index (κ3) is 1.37. The van der Waals surface area contributed by atoms with E-state index in [1.165, 1.54) is 0 Å². The van der Waals surface area contributed by atoms with Crippen LogP contribution in [0.15, 0.2) is 24.3 Å². The first-order chi connectivity index (χ1) is 7.75. The standard InChI is InChI=1S/C12H12FNO2/c13-8-5-9-7-16-11-4-2-1-3-10(11)12(15)14(9)6-8/h1-4,8-9H,5-7H2/t8-,9-/m0/s1. The van der Waals surface area contributed by atoms with E-state index in [1.54, 1.807) is 23.1 Å². The molecular weight excluding hydrogens is 209 g/mol. The molecule has 0 saturated carbocycles. The van der Waals surface area contributed by atoms with Crippen LogP contribution in [-0.4, -0.2) is 36.2 Å². The second kappa shape index (κ2) is 3.47. The summed E-state index contributed by atoms with van der Waals surface area (Å²) in [6.07, 6.45) is -0.525. The van der Waals surface area contributed by atoms with Crippen molar-refractivity contribution in [1.29, 1.82) is 0 Å². The molecule has 2 aliphatic rings. The molecule has 0 spiro atoms. The molecule has 1 aromatic rings. The van der Waals surface area contributed by atoms with Crippen molar-refractivity contribution in [2.45, 2.75) is 18.6 Å². The molecule has 1 saturated heterocycles.